The topological polar surface area (TPSA) is 157 Å². The average molecular weight is 533 g/mol. The Bertz CT molecular complexity index is 1030. The average Bonchev–Trinajstić information content (AvgIpc) is 2.76. The molecule has 0 aromatic heterocycles. The number of rotatable bonds is 11. The van der Waals surface area contributed by atoms with Crippen LogP contribution in [0.3, 0.4) is 0 Å². The second-order valence-corrected chi connectivity index (χ2v) is 10.7. The summed E-state index contributed by atoms with van der Waals surface area (Å²) in [6.45, 7) is 8.47. The van der Waals surface area contributed by atoms with Crippen molar-refractivity contribution in [3.05, 3.63) is 34.9 Å². The zero-order valence-corrected chi connectivity index (χ0v) is 23.1. The summed E-state index contributed by atoms with van der Waals surface area (Å²) in [5.41, 5.74) is 6.88. The van der Waals surface area contributed by atoms with Gasteiger partial charge in [0.1, 0.15) is 24.2 Å². The smallest absolute Gasteiger partial charge is 0.408 e. The van der Waals surface area contributed by atoms with Crippen LogP contribution in [-0.4, -0.2) is 66.0 Å². The molecule has 0 saturated heterocycles. The van der Waals surface area contributed by atoms with Crippen LogP contribution < -0.4 is 16.4 Å². The number of esters is 1. The van der Waals surface area contributed by atoms with Gasteiger partial charge in [0.05, 0.1) is 7.11 Å². The highest BCUT2D eigenvalue weighted by molar-refractivity contribution is 5.93. The molecule has 2 rings (SSSR count). The molecule has 0 radical (unpaired) electrons. The molecule has 4 N–H and O–H groups in total. The van der Waals surface area contributed by atoms with Crippen molar-refractivity contribution in [1.29, 1.82) is 0 Å². The van der Waals surface area contributed by atoms with Crippen LogP contribution in [0.2, 0.25) is 0 Å². The maximum atomic E-state index is 14.1. The van der Waals surface area contributed by atoms with E-state index in [9.17, 15) is 24.0 Å². The summed E-state index contributed by atoms with van der Waals surface area (Å²) in [6.07, 6.45) is 1.13. The van der Waals surface area contributed by atoms with E-state index < -0.39 is 47.5 Å². The van der Waals surface area contributed by atoms with E-state index in [0.717, 1.165) is 17.5 Å². The van der Waals surface area contributed by atoms with Crippen molar-refractivity contribution in [1.82, 2.24) is 15.5 Å². The fourth-order valence-corrected chi connectivity index (χ4v) is 4.29. The molecule has 38 heavy (non-hydrogen) atoms. The Morgan fingerprint density at radius 3 is 2.16 bits per heavy atom. The summed E-state index contributed by atoms with van der Waals surface area (Å²) >= 11 is 0. The molecule has 0 spiro atoms. The number of nitrogens with one attached hydrogen (secondary N) is 2. The van der Waals surface area contributed by atoms with E-state index >= 15 is 0 Å². The van der Waals surface area contributed by atoms with Gasteiger partial charge in [0.2, 0.25) is 17.7 Å². The van der Waals surface area contributed by atoms with Gasteiger partial charge in [-0.2, -0.15) is 0 Å². The zero-order chi connectivity index (χ0) is 28.6. The van der Waals surface area contributed by atoms with Crippen molar-refractivity contribution in [2.24, 2.45) is 5.73 Å². The van der Waals surface area contributed by atoms with E-state index in [2.05, 4.69) is 15.4 Å². The Labute approximate surface area is 223 Å². The molecule has 2 atom stereocenters. The first-order valence-corrected chi connectivity index (χ1v) is 12.7. The van der Waals surface area contributed by atoms with Crippen molar-refractivity contribution in [3.8, 4) is 0 Å². The maximum absolute atomic E-state index is 14.1. The number of primary amides is 1. The number of carbonyl (C=O) groups excluding carboxylic acids is 5. The third-order valence-corrected chi connectivity index (χ3v) is 6.11. The Kier molecular flexibility index (Phi) is 10.7. The molecule has 11 heteroatoms. The van der Waals surface area contributed by atoms with E-state index in [1.807, 2.05) is 32.0 Å². The highest BCUT2D eigenvalue weighted by Gasteiger charge is 2.42. The van der Waals surface area contributed by atoms with E-state index in [1.165, 1.54) is 12.0 Å². The molecule has 4 amide bonds. The van der Waals surface area contributed by atoms with Crippen LogP contribution in [0.15, 0.2) is 18.2 Å². The van der Waals surface area contributed by atoms with Gasteiger partial charge in [-0.25, -0.2) is 4.79 Å². The van der Waals surface area contributed by atoms with Crippen molar-refractivity contribution in [2.45, 2.75) is 90.4 Å². The van der Waals surface area contributed by atoms with Crippen LogP contribution in [0.5, 0.6) is 0 Å². The van der Waals surface area contributed by atoms with E-state index in [1.54, 1.807) is 20.8 Å². The molecule has 1 aliphatic carbocycles. The molecule has 1 fully saturated rings. The molecular formula is C27H40N4O7. The first kappa shape index (κ1) is 30.6. The monoisotopic (exact) mass is 532 g/mol. The number of nitrogens with two attached hydrogens (primary N) is 1. The number of amides is 4. The molecule has 11 nitrogen and oxygen atoms in total. The Hall–Kier alpha value is -3.63. The predicted molar refractivity (Wildman–Crippen MR) is 140 cm³/mol. The van der Waals surface area contributed by atoms with Gasteiger partial charge in [0.15, 0.2) is 0 Å². The normalized spacial score (nSPS) is 14.9. The lowest BCUT2D eigenvalue weighted by molar-refractivity contribution is -0.148. The Morgan fingerprint density at radius 1 is 1.08 bits per heavy atom. The van der Waals surface area contributed by atoms with Gasteiger partial charge in [0.25, 0.3) is 0 Å². The van der Waals surface area contributed by atoms with Crippen molar-refractivity contribution < 1.29 is 33.4 Å². The van der Waals surface area contributed by atoms with Gasteiger partial charge < -0.3 is 30.7 Å². The minimum absolute atomic E-state index is 0.0695. The van der Waals surface area contributed by atoms with Crippen LogP contribution in [0.1, 0.15) is 75.6 Å². The lowest BCUT2D eigenvalue weighted by Gasteiger charge is -2.43. The summed E-state index contributed by atoms with van der Waals surface area (Å²) in [4.78, 5) is 65.1. The highest BCUT2D eigenvalue weighted by Crippen LogP contribution is 2.34. The molecule has 1 saturated carbocycles. The van der Waals surface area contributed by atoms with E-state index in [-0.39, 0.29) is 25.4 Å². The Balaban J connectivity index is 2.52. The second kappa shape index (κ2) is 13.3. The summed E-state index contributed by atoms with van der Waals surface area (Å²) in [6, 6.07) is 3.03. The fraction of sp³-hybridized carbons (Fsp3) is 0.593. The van der Waals surface area contributed by atoms with Gasteiger partial charge in [-0.3, -0.25) is 19.2 Å². The molecule has 0 heterocycles. The third-order valence-electron chi connectivity index (χ3n) is 6.11. The summed E-state index contributed by atoms with van der Waals surface area (Å²) in [5.74, 6) is -2.37. The van der Waals surface area contributed by atoms with Crippen molar-refractivity contribution in [3.63, 3.8) is 0 Å². The minimum Gasteiger partial charge on any atom is -0.468 e. The van der Waals surface area contributed by atoms with Crippen LogP contribution in [0, 0.1) is 13.8 Å². The van der Waals surface area contributed by atoms with Crippen LogP contribution in [0.25, 0.3) is 0 Å². The number of hydrogen-bond donors (Lipinski definition) is 3. The number of ether oxygens (including phenoxy) is 2. The molecule has 0 aliphatic heterocycles. The van der Waals surface area contributed by atoms with Gasteiger partial charge in [0, 0.05) is 12.5 Å². The summed E-state index contributed by atoms with van der Waals surface area (Å²) in [5, 5.41) is 5.15. The standard InChI is InChI=1S/C27H40N4O7/c1-16-12-17(2)14-18(13-16)23(24(34)29-15-22(33)37-6)31(19-8-7-9-19)25(35)20(10-11-21(28)32)30-26(36)38-27(3,4)5/h12-14,19-20,23H,7-11,15H2,1-6H3,(H2,28,32)(H,29,34)(H,30,36). The van der Waals surface area contributed by atoms with Crippen LogP contribution in [0.4, 0.5) is 4.79 Å². The Morgan fingerprint density at radius 2 is 1.68 bits per heavy atom. The largest absolute Gasteiger partial charge is 0.468 e. The number of nitrogens with zero attached hydrogens (tertiary/aromatic N) is 1. The summed E-state index contributed by atoms with van der Waals surface area (Å²) < 4.78 is 9.99. The molecule has 210 valence electrons. The molecule has 1 aromatic carbocycles. The first-order valence-electron chi connectivity index (χ1n) is 12.7. The number of aryl methyl sites for hydroxylation is 2. The predicted octanol–water partition coefficient (Wildman–Crippen LogP) is 2.17. The molecule has 2 unspecified atom stereocenters. The maximum Gasteiger partial charge on any atom is 0.408 e. The third kappa shape index (κ3) is 9.04. The molecular weight excluding hydrogens is 492 g/mol. The number of alkyl carbamates (subject to hydrolysis) is 1. The lowest BCUT2D eigenvalue weighted by Crippen LogP contribution is -2.57. The highest BCUT2D eigenvalue weighted by atomic mass is 16.6. The van der Waals surface area contributed by atoms with Crippen molar-refractivity contribution in [2.75, 3.05) is 13.7 Å². The van der Waals surface area contributed by atoms with Crippen LogP contribution >= 0.6 is 0 Å². The second-order valence-electron chi connectivity index (χ2n) is 10.7. The number of hydrogen-bond acceptors (Lipinski definition) is 7. The minimum atomic E-state index is -1.17. The number of carbonyl (C=O) groups is 5. The number of methoxy groups -OCH3 is 1. The molecule has 1 aromatic rings. The van der Waals surface area contributed by atoms with Gasteiger partial charge in [-0.15, -0.1) is 0 Å². The SMILES string of the molecule is COC(=O)CNC(=O)C(c1cc(C)cc(C)c1)N(C(=O)C(CCC(N)=O)NC(=O)OC(C)(C)C)C1CCC1. The quantitative estimate of drug-likeness (QED) is 0.369. The van der Waals surface area contributed by atoms with Crippen molar-refractivity contribution >= 4 is 29.8 Å². The lowest BCUT2D eigenvalue weighted by atomic mass is 9.87. The van der Waals surface area contributed by atoms with E-state index in [4.69, 9.17) is 10.5 Å². The molecule has 1 aliphatic rings. The van der Waals surface area contributed by atoms with Crippen LogP contribution in [-0.2, 0) is 28.7 Å². The zero-order valence-electron chi connectivity index (χ0n) is 23.1. The fourth-order valence-electron chi connectivity index (χ4n) is 4.29. The van der Waals surface area contributed by atoms with E-state index in [0.29, 0.717) is 18.4 Å². The first-order chi connectivity index (χ1) is 17.7. The van der Waals surface area contributed by atoms with Gasteiger partial charge in [-0.1, -0.05) is 29.3 Å². The summed E-state index contributed by atoms with van der Waals surface area (Å²) in [7, 11) is 1.21. The molecule has 0 bridgehead atoms. The van der Waals surface area contributed by atoms with Gasteiger partial charge >= 0.3 is 12.1 Å². The number of benzene rings is 1. The van der Waals surface area contributed by atoms with Gasteiger partial charge in [-0.05, 0) is 65.9 Å².